The van der Waals surface area contributed by atoms with E-state index in [9.17, 15) is 14.4 Å². The zero-order valence-corrected chi connectivity index (χ0v) is 33.9. The highest BCUT2D eigenvalue weighted by Gasteiger charge is 2.19. The molecule has 0 radical (unpaired) electrons. The van der Waals surface area contributed by atoms with Crippen molar-refractivity contribution >= 4 is 17.9 Å². The minimum absolute atomic E-state index is 0.0649. The van der Waals surface area contributed by atoms with Crippen LogP contribution in [0.1, 0.15) is 240 Å². The van der Waals surface area contributed by atoms with Crippen molar-refractivity contribution in [1.82, 2.24) is 0 Å². The number of hydrogen-bond acceptors (Lipinski definition) is 6. The lowest BCUT2D eigenvalue weighted by Gasteiger charge is -2.18. The summed E-state index contributed by atoms with van der Waals surface area (Å²) in [6, 6.07) is 0. The third-order valence-corrected chi connectivity index (χ3v) is 10.2. The first-order chi connectivity index (χ1) is 24.4. The standard InChI is InChI=1S/C44H84O6/c1-5-8-10-12-14-15-16-17-18-19-25-29-33-37-44(47)50-41(38-48-42(45)35-31-27-22-13-11-9-6-2)39-49-43(46)36-32-28-24-21-20-23-26-30-34-40(4)7-3/h40-41H,5-39H2,1-4H3/t40?,41-/m1/s1. The molecule has 0 aliphatic heterocycles. The van der Waals surface area contributed by atoms with Gasteiger partial charge in [-0.3, -0.25) is 14.4 Å². The van der Waals surface area contributed by atoms with Crippen LogP contribution in [-0.4, -0.2) is 37.2 Å². The summed E-state index contributed by atoms with van der Waals surface area (Å²) in [5.41, 5.74) is 0. The lowest BCUT2D eigenvalue weighted by molar-refractivity contribution is -0.167. The average Bonchev–Trinajstić information content (AvgIpc) is 3.11. The van der Waals surface area contributed by atoms with Gasteiger partial charge in [-0.15, -0.1) is 0 Å². The van der Waals surface area contributed by atoms with Crippen LogP contribution in [0.5, 0.6) is 0 Å². The first-order valence-corrected chi connectivity index (χ1v) is 21.9. The van der Waals surface area contributed by atoms with E-state index in [4.69, 9.17) is 14.2 Å². The topological polar surface area (TPSA) is 78.9 Å². The fourth-order valence-corrected chi connectivity index (χ4v) is 6.42. The number of carbonyl (C=O) groups excluding carboxylic acids is 3. The fourth-order valence-electron chi connectivity index (χ4n) is 6.42. The quantitative estimate of drug-likeness (QED) is 0.0359. The number of rotatable bonds is 39. The molecule has 0 rings (SSSR count). The van der Waals surface area contributed by atoms with E-state index in [2.05, 4.69) is 27.7 Å². The molecule has 1 unspecified atom stereocenters. The number of ether oxygens (including phenoxy) is 3. The van der Waals surface area contributed by atoms with Crippen LogP contribution in [0.15, 0.2) is 0 Å². The summed E-state index contributed by atoms with van der Waals surface area (Å²) < 4.78 is 16.6. The maximum atomic E-state index is 12.7. The van der Waals surface area contributed by atoms with E-state index in [1.807, 2.05) is 0 Å². The van der Waals surface area contributed by atoms with Gasteiger partial charge in [-0.25, -0.2) is 0 Å². The fraction of sp³-hybridized carbons (Fsp3) is 0.932. The summed E-state index contributed by atoms with van der Waals surface area (Å²) in [4.78, 5) is 37.5. The average molecular weight is 709 g/mol. The maximum Gasteiger partial charge on any atom is 0.306 e. The lowest BCUT2D eigenvalue weighted by Crippen LogP contribution is -2.30. The van der Waals surface area contributed by atoms with Gasteiger partial charge in [0.15, 0.2) is 6.10 Å². The third-order valence-electron chi connectivity index (χ3n) is 10.2. The Balaban J connectivity index is 4.30. The van der Waals surface area contributed by atoms with Crippen molar-refractivity contribution in [3.05, 3.63) is 0 Å². The van der Waals surface area contributed by atoms with Crippen molar-refractivity contribution in [2.24, 2.45) is 5.92 Å². The summed E-state index contributed by atoms with van der Waals surface area (Å²) in [5, 5.41) is 0. The number of esters is 3. The first kappa shape index (κ1) is 48.4. The first-order valence-electron chi connectivity index (χ1n) is 21.9. The second-order valence-corrected chi connectivity index (χ2v) is 15.2. The van der Waals surface area contributed by atoms with Crippen molar-refractivity contribution in [3.63, 3.8) is 0 Å². The molecular weight excluding hydrogens is 624 g/mol. The summed E-state index contributed by atoms with van der Waals surface area (Å²) in [6.07, 6.45) is 36.6. The van der Waals surface area contributed by atoms with Crippen LogP contribution in [0, 0.1) is 5.92 Å². The SMILES string of the molecule is CCCCCCCCCCCCCCCC(=O)O[C@H](COC(=O)CCCCCCCCC)COC(=O)CCCCCCCCCCC(C)CC. The Kier molecular flexibility index (Phi) is 37.4. The molecule has 296 valence electrons. The van der Waals surface area contributed by atoms with Crippen LogP contribution >= 0.6 is 0 Å². The molecule has 0 aliphatic carbocycles. The summed E-state index contributed by atoms with van der Waals surface area (Å²) in [5.74, 6) is -0.0159. The predicted molar refractivity (Wildman–Crippen MR) is 210 cm³/mol. The predicted octanol–water partition coefficient (Wildman–Crippen LogP) is 13.6. The van der Waals surface area contributed by atoms with E-state index in [1.54, 1.807) is 0 Å². The summed E-state index contributed by atoms with van der Waals surface area (Å²) in [7, 11) is 0. The number of unbranched alkanes of at least 4 members (excludes halogenated alkanes) is 25. The molecule has 0 aromatic rings. The molecule has 0 saturated carbocycles. The minimum atomic E-state index is -0.758. The Hall–Kier alpha value is -1.59. The van der Waals surface area contributed by atoms with Crippen LogP contribution in [0.25, 0.3) is 0 Å². The molecule has 50 heavy (non-hydrogen) atoms. The molecule has 0 N–H and O–H groups in total. The minimum Gasteiger partial charge on any atom is -0.462 e. The molecule has 0 saturated heterocycles. The molecule has 0 fully saturated rings. The van der Waals surface area contributed by atoms with Crippen molar-refractivity contribution in [3.8, 4) is 0 Å². The molecule has 0 spiro atoms. The van der Waals surface area contributed by atoms with Gasteiger partial charge in [-0.2, -0.15) is 0 Å². The number of hydrogen-bond donors (Lipinski definition) is 0. The molecule has 0 heterocycles. The van der Waals surface area contributed by atoms with Gasteiger partial charge in [0.25, 0.3) is 0 Å². The van der Waals surface area contributed by atoms with Gasteiger partial charge in [-0.1, -0.05) is 201 Å². The molecular formula is C44H84O6. The van der Waals surface area contributed by atoms with Crippen molar-refractivity contribution in [2.75, 3.05) is 13.2 Å². The monoisotopic (exact) mass is 709 g/mol. The Morgan fingerprint density at radius 2 is 0.700 bits per heavy atom. The van der Waals surface area contributed by atoms with E-state index < -0.39 is 6.10 Å². The molecule has 0 aliphatic rings. The van der Waals surface area contributed by atoms with Crippen LogP contribution in [0.2, 0.25) is 0 Å². The van der Waals surface area contributed by atoms with E-state index >= 15 is 0 Å². The van der Waals surface area contributed by atoms with Gasteiger partial charge < -0.3 is 14.2 Å². The molecule has 2 atom stereocenters. The van der Waals surface area contributed by atoms with Crippen LogP contribution < -0.4 is 0 Å². The van der Waals surface area contributed by atoms with Gasteiger partial charge in [-0.05, 0) is 25.2 Å². The van der Waals surface area contributed by atoms with E-state index in [0.29, 0.717) is 19.3 Å². The summed E-state index contributed by atoms with van der Waals surface area (Å²) in [6.45, 7) is 8.95. The van der Waals surface area contributed by atoms with E-state index in [-0.39, 0.29) is 31.1 Å². The second-order valence-electron chi connectivity index (χ2n) is 15.2. The highest BCUT2D eigenvalue weighted by molar-refractivity contribution is 5.71. The normalized spacial score (nSPS) is 12.5. The largest absolute Gasteiger partial charge is 0.462 e. The van der Waals surface area contributed by atoms with Crippen molar-refractivity contribution in [1.29, 1.82) is 0 Å². The molecule has 0 aromatic heterocycles. The molecule has 6 heteroatoms. The highest BCUT2D eigenvalue weighted by Crippen LogP contribution is 2.16. The van der Waals surface area contributed by atoms with Crippen molar-refractivity contribution in [2.45, 2.75) is 246 Å². The lowest BCUT2D eigenvalue weighted by atomic mass is 9.99. The Morgan fingerprint density at radius 3 is 1.04 bits per heavy atom. The van der Waals surface area contributed by atoms with E-state index in [1.165, 1.54) is 135 Å². The van der Waals surface area contributed by atoms with Crippen LogP contribution in [0.3, 0.4) is 0 Å². The number of carbonyl (C=O) groups is 3. The van der Waals surface area contributed by atoms with Crippen LogP contribution in [-0.2, 0) is 28.6 Å². The Morgan fingerprint density at radius 1 is 0.400 bits per heavy atom. The molecule has 6 nitrogen and oxygen atoms in total. The van der Waals surface area contributed by atoms with Gasteiger partial charge in [0.2, 0.25) is 0 Å². The Bertz CT molecular complexity index is 753. The van der Waals surface area contributed by atoms with Gasteiger partial charge in [0, 0.05) is 19.3 Å². The smallest absolute Gasteiger partial charge is 0.306 e. The van der Waals surface area contributed by atoms with Gasteiger partial charge >= 0.3 is 17.9 Å². The maximum absolute atomic E-state index is 12.7. The van der Waals surface area contributed by atoms with E-state index in [0.717, 1.165) is 63.7 Å². The zero-order chi connectivity index (χ0) is 36.8. The van der Waals surface area contributed by atoms with Gasteiger partial charge in [0.1, 0.15) is 13.2 Å². The molecule has 0 amide bonds. The molecule has 0 aromatic carbocycles. The van der Waals surface area contributed by atoms with Crippen molar-refractivity contribution < 1.29 is 28.6 Å². The van der Waals surface area contributed by atoms with Gasteiger partial charge in [0.05, 0.1) is 0 Å². The zero-order valence-electron chi connectivity index (χ0n) is 33.9. The Labute approximate surface area is 310 Å². The summed E-state index contributed by atoms with van der Waals surface area (Å²) >= 11 is 0. The van der Waals surface area contributed by atoms with Crippen LogP contribution in [0.4, 0.5) is 0 Å². The third kappa shape index (κ3) is 36.2. The molecule has 0 bridgehead atoms. The second kappa shape index (κ2) is 38.6. The highest BCUT2D eigenvalue weighted by atomic mass is 16.6.